The predicted molar refractivity (Wildman–Crippen MR) is 116 cm³/mol. The second kappa shape index (κ2) is 8.93. The Kier molecular flexibility index (Phi) is 6.29. The molecule has 2 amide bonds. The standard InChI is InChI=1S/C21H27BrN4O4/c22-18-17(20(23)28)13(12-15-19(18)24-21(29)30-15)4-5-16(27)26-10-6-14(7-11-26)25-8-2-1-3-9-25/h12,14H,1-11H2,(H2,23,28)(H,24,29). The lowest BCUT2D eigenvalue weighted by atomic mass is 9.98. The van der Waals surface area contributed by atoms with Crippen LogP contribution in [0.5, 0.6) is 0 Å². The lowest BCUT2D eigenvalue weighted by Gasteiger charge is -2.40. The fraction of sp³-hybridized carbons (Fsp3) is 0.571. The minimum atomic E-state index is -0.615. The van der Waals surface area contributed by atoms with Gasteiger partial charge >= 0.3 is 5.76 Å². The quantitative estimate of drug-likeness (QED) is 0.684. The lowest BCUT2D eigenvalue weighted by molar-refractivity contribution is -0.132. The molecule has 2 aromatic rings. The highest BCUT2D eigenvalue weighted by Crippen LogP contribution is 2.30. The molecule has 0 atom stereocenters. The van der Waals surface area contributed by atoms with Crippen molar-refractivity contribution in [1.29, 1.82) is 0 Å². The summed E-state index contributed by atoms with van der Waals surface area (Å²) in [7, 11) is 0. The number of primary amides is 1. The summed E-state index contributed by atoms with van der Waals surface area (Å²) in [5, 5.41) is 0. The van der Waals surface area contributed by atoms with E-state index in [9.17, 15) is 14.4 Å². The summed E-state index contributed by atoms with van der Waals surface area (Å²) in [5.74, 6) is -1.14. The van der Waals surface area contributed by atoms with Crippen molar-refractivity contribution in [3.63, 3.8) is 0 Å². The highest BCUT2D eigenvalue weighted by molar-refractivity contribution is 9.10. The fourth-order valence-corrected chi connectivity index (χ4v) is 5.47. The molecule has 2 aliphatic rings. The van der Waals surface area contributed by atoms with E-state index in [0.29, 0.717) is 33.6 Å². The molecule has 4 rings (SSSR count). The van der Waals surface area contributed by atoms with Crippen molar-refractivity contribution in [2.24, 2.45) is 5.73 Å². The number of hydrogen-bond acceptors (Lipinski definition) is 5. The number of carbonyl (C=O) groups excluding carboxylic acids is 2. The number of aromatic amines is 1. The summed E-state index contributed by atoms with van der Waals surface area (Å²) in [5.41, 5.74) is 7.16. The molecule has 2 aliphatic heterocycles. The molecule has 0 unspecified atom stereocenters. The zero-order valence-electron chi connectivity index (χ0n) is 16.9. The molecule has 1 aromatic heterocycles. The molecule has 162 valence electrons. The number of halogens is 1. The highest BCUT2D eigenvalue weighted by atomic mass is 79.9. The van der Waals surface area contributed by atoms with E-state index in [4.69, 9.17) is 10.2 Å². The molecule has 30 heavy (non-hydrogen) atoms. The van der Waals surface area contributed by atoms with E-state index in [2.05, 4.69) is 25.8 Å². The zero-order chi connectivity index (χ0) is 21.3. The molecule has 3 N–H and O–H groups in total. The molecule has 0 aliphatic carbocycles. The maximum Gasteiger partial charge on any atom is 0.417 e. The number of amides is 2. The Bertz CT molecular complexity index is 1000. The first-order valence-electron chi connectivity index (χ1n) is 10.6. The van der Waals surface area contributed by atoms with Gasteiger partial charge in [-0.05, 0) is 72.8 Å². The molecule has 2 fully saturated rings. The summed E-state index contributed by atoms with van der Waals surface area (Å²) >= 11 is 3.34. The number of rotatable bonds is 5. The van der Waals surface area contributed by atoms with Crippen molar-refractivity contribution < 1.29 is 14.0 Å². The van der Waals surface area contributed by atoms with Crippen LogP contribution in [0.2, 0.25) is 0 Å². The molecule has 0 spiro atoms. The topological polar surface area (TPSA) is 113 Å². The van der Waals surface area contributed by atoms with E-state index >= 15 is 0 Å². The van der Waals surface area contributed by atoms with Gasteiger partial charge in [-0.25, -0.2) is 4.79 Å². The third kappa shape index (κ3) is 4.32. The average molecular weight is 479 g/mol. The molecule has 8 nitrogen and oxygen atoms in total. The van der Waals surface area contributed by atoms with Gasteiger partial charge in [0.05, 0.1) is 10.0 Å². The van der Waals surface area contributed by atoms with Crippen LogP contribution in [-0.2, 0) is 11.2 Å². The normalized spacial score (nSPS) is 18.8. The van der Waals surface area contributed by atoms with Gasteiger partial charge < -0.3 is 20.0 Å². The van der Waals surface area contributed by atoms with E-state index in [-0.39, 0.29) is 17.9 Å². The van der Waals surface area contributed by atoms with Gasteiger partial charge in [0, 0.05) is 25.6 Å². The van der Waals surface area contributed by atoms with E-state index < -0.39 is 11.7 Å². The number of piperidine rings is 2. The molecule has 0 radical (unpaired) electrons. The molecular formula is C21H27BrN4O4. The van der Waals surface area contributed by atoms with Gasteiger partial charge in [-0.1, -0.05) is 6.42 Å². The molecular weight excluding hydrogens is 452 g/mol. The van der Waals surface area contributed by atoms with Crippen LogP contribution in [0.1, 0.15) is 54.4 Å². The van der Waals surface area contributed by atoms with Crippen molar-refractivity contribution >= 4 is 38.8 Å². The van der Waals surface area contributed by atoms with Gasteiger partial charge in [0.15, 0.2) is 5.58 Å². The van der Waals surface area contributed by atoms with Crippen LogP contribution in [0.15, 0.2) is 19.8 Å². The Labute approximate surface area is 182 Å². The van der Waals surface area contributed by atoms with Gasteiger partial charge in [-0.15, -0.1) is 0 Å². The van der Waals surface area contributed by atoms with Crippen LogP contribution in [0.3, 0.4) is 0 Å². The summed E-state index contributed by atoms with van der Waals surface area (Å²) in [4.78, 5) is 43.4. The van der Waals surface area contributed by atoms with Crippen molar-refractivity contribution in [2.45, 2.75) is 51.0 Å². The Balaban J connectivity index is 1.40. The minimum absolute atomic E-state index is 0.0780. The number of fused-ring (bicyclic) bond motifs is 1. The van der Waals surface area contributed by atoms with Crippen LogP contribution in [0.25, 0.3) is 11.1 Å². The maximum absolute atomic E-state index is 12.8. The number of oxazole rings is 1. The van der Waals surface area contributed by atoms with Crippen LogP contribution in [0, 0.1) is 0 Å². The Morgan fingerprint density at radius 1 is 1.17 bits per heavy atom. The first-order chi connectivity index (χ1) is 14.4. The van der Waals surface area contributed by atoms with Crippen molar-refractivity contribution in [2.75, 3.05) is 26.2 Å². The number of nitrogens with zero attached hydrogens (tertiary/aromatic N) is 2. The summed E-state index contributed by atoms with van der Waals surface area (Å²) in [6.45, 7) is 3.92. The fourth-order valence-electron chi connectivity index (χ4n) is 4.73. The van der Waals surface area contributed by atoms with Gasteiger partial charge in [0.2, 0.25) is 11.8 Å². The number of aryl methyl sites for hydroxylation is 1. The number of nitrogens with one attached hydrogen (secondary N) is 1. The van der Waals surface area contributed by atoms with Gasteiger partial charge in [0.1, 0.15) is 5.52 Å². The second-order valence-corrected chi connectivity index (χ2v) is 8.98. The number of likely N-dealkylation sites (tertiary alicyclic amines) is 2. The van der Waals surface area contributed by atoms with Crippen molar-refractivity contribution in [3.8, 4) is 0 Å². The Morgan fingerprint density at radius 3 is 2.53 bits per heavy atom. The molecule has 2 saturated heterocycles. The number of H-pyrrole nitrogens is 1. The van der Waals surface area contributed by atoms with Crippen LogP contribution in [0.4, 0.5) is 0 Å². The van der Waals surface area contributed by atoms with Crippen LogP contribution >= 0.6 is 15.9 Å². The summed E-state index contributed by atoms with van der Waals surface area (Å²) in [6, 6.07) is 2.21. The zero-order valence-corrected chi connectivity index (χ0v) is 18.5. The Hall–Kier alpha value is -2.13. The third-order valence-corrected chi connectivity index (χ3v) is 7.11. The van der Waals surface area contributed by atoms with E-state index in [1.807, 2.05) is 4.90 Å². The molecule has 0 saturated carbocycles. The molecule has 9 heteroatoms. The lowest BCUT2D eigenvalue weighted by Crippen LogP contribution is -2.48. The third-order valence-electron chi connectivity index (χ3n) is 6.32. The SMILES string of the molecule is NC(=O)c1c(CCC(=O)N2CCC(N3CCCCC3)CC2)cc2oc(=O)[nH]c2c1Br. The number of aromatic nitrogens is 1. The first-order valence-corrected chi connectivity index (χ1v) is 11.4. The maximum atomic E-state index is 12.8. The van der Waals surface area contributed by atoms with Crippen molar-refractivity contribution in [1.82, 2.24) is 14.8 Å². The first kappa shape index (κ1) is 21.1. The van der Waals surface area contributed by atoms with Crippen LogP contribution in [-0.4, -0.2) is 58.8 Å². The average Bonchev–Trinajstić information content (AvgIpc) is 3.13. The van der Waals surface area contributed by atoms with Crippen LogP contribution < -0.4 is 11.5 Å². The van der Waals surface area contributed by atoms with Gasteiger partial charge in [-0.2, -0.15) is 0 Å². The smallest absolute Gasteiger partial charge is 0.408 e. The van der Waals surface area contributed by atoms with Crippen molar-refractivity contribution in [3.05, 3.63) is 32.2 Å². The molecule has 1 aromatic carbocycles. The largest absolute Gasteiger partial charge is 0.417 e. The van der Waals surface area contributed by atoms with E-state index in [1.54, 1.807) is 6.07 Å². The van der Waals surface area contributed by atoms with E-state index in [0.717, 1.165) is 25.9 Å². The van der Waals surface area contributed by atoms with Gasteiger partial charge in [0.25, 0.3) is 0 Å². The summed E-state index contributed by atoms with van der Waals surface area (Å²) < 4.78 is 5.52. The van der Waals surface area contributed by atoms with Gasteiger partial charge in [-0.3, -0.25) is 14.6 Å². The minimum Gasteiger partial charge on any atom is -0.408 e. The molecule has 0 bridgehead atoms. The number of carbonyl (C=O) groups is 2. The predicted octanol–water partition coefficient (Wildman–Crippen LogP) is 2.39. The molecule has 3 heterocycles. The number of nitrogens with two attached hydrogens (primary N) is 1. The Morgan fingerprint density at radius 2 is 1.87 bits per heavy atom. The second-order valence-electron chi connectivity index (χ2n) is 8.19. The van der Waals surface area contributed by atoms with E-state index in [1.165, 1.54) is 32.4 Å². The monoisotopic (exact) mass is 478 g/mol. The summed E-state index contributed by atoms with van der Waals surface area (Å²) in [6.07, 6.45) is 6.56. The highest BCUT2D eigenvalue weighted by Gasteiger charge is 2.28. The number of hydrogen-bond donors (Lipinski definition) is 2. The number of benzene rings is 1.